The van der Waals surface area contributed by atoms with Crippen LogP contribution in [0.5, 0.6) is 0 Å². The molecule has 0 radical (unpaired) electrons. The molecule has 110 valence electrons. The fourth-order valence-electron chi connectivity index (χ4n) is 1.25. The maximum absolute atomic E-state index is 11.5. The second-order valence-electron chi connectivity index (χ2n) is 4.76. The molecule has 0 bridgehead atoms. The summed E-state index contributed by atoms with van der Waals surface area (Å²) in [6, 6.07) is 0.190. The van der Waals surface area contributed by atoms with Crippen molar-refractivity contribution >= 4 is 33.4 Å². The van der Waals surface area contributed by atoms with Crippen LogP contribution in [0.2, 0.25) is 0 Å². The molecule has 1 atom stereocenters. The van der Waals surface area contributed by atoms with Crippen LogP contribution < -0.4 is 10.6 Å². The van der Waals surface area contributed by atoms with E-state index in [9.17, 15) is 9.59 Å². The Morgan fingerprint density at radius 2 is 1.84 bits per heavy atom. The minimum Gasteiger partial charge on any atom is -0.354 e. The monoisotopic (exact) mass is 304 g/mol. The van der Waals surface area contributed by atoms with Crippen LogP contribution in [0.15, 0.2) is 12.3 Å². The summed E-state index contributed by atoms with van der Waals surface area (Å²) in [5.41, 5.74) is 0.661. The maximum Gasteiger partial charge on any atom is 0.234 e. The Hall–Kier alpha value is -0.620. The third-order valence-electron chi connectivity index (χ3n) is 2.00. The number of carbonyl (C=O) groups is 2. The summed E-state index contributed by atoms with van der Waals surface area (Å²) in [6.07, 6.45) is 1.35. The normalized spacial score (nSPS) is 12.1. The summed E-state index contributed by atoms with van der Waals surface area (Å²) in [5.74, 6) is 0.460. The van der Waals surface area contributed by atoms with Crippen LogP contribution in [0, 0.1) is 0 Å². The van der Waals surface area contributed by atoms with Gasteiger partial charge in [-0.3, -0.25) is 9.59 Å². The number of amides is 2. The van der Waals surface area contributed by atoms with Crippen molar-refractivity contribution in [2.45, 2.75) is 51.8 Å². The van der Waals surface area contributed by atoms with Gasteiger partial charge in [-0.05, 0) is 27.2 Å². The van der Waals surface area contributed by atoms with Gasteiger partial charge in [0.1, 0.15) is 0 Å². The van der Waals surface area contributed by atoms with Crippen molar-refractivity contribution in [2.24, 2.45) is 0 Å². The lowest BCUT2D eigenvalue weighted by molar-refractivity contribution is -0.121. The van der Waals surface area contributed by atoms with Gasteiger partial charge in [-0.1, -0.05) is 35.1 Å². The van der Waals surface area contributed by atoms with Crippen LogP contribution in [0.25, 0.3) is 0 Å². The molecule has 0 aromatic heterocycles. The lowest BCUT2D eigenvalue weighted by Gasteiger charge is -2.12. The fraction of sp³-hybridized carbons (Fsp3) is 0.692. The summed E-state index contributed by atoms with van der Waals surface area (Å²) in [7, 11) is 3.15. The summed E-state index contributed by atoms with van der Waals surface area (Å²) in [4.78, 5) is 22.8. The van der Waals surface area contributed by atoms with Gasteiger partial charge in [0, 0.05) is 23.4 Å². The second kappa shape index (κ2) is 10.2. The summed E-state index contributed by atoms with van der Waals surface area (Å²) in [6.45, 7) is 11.3. The molecule has 1 unspecified atom stereocenters. The van der Waals surface area contributed by atoms with E-state index in [-0.39, 0.29) is 17.9 Å². The van der Waals surface area contributed by atoms with Gasteiger partial charge in [-0.2, -0.15) is 0 Å². The van der Waals surface area contributed by atoms with Crippen molar-refractivity contribution in [3.05, 3.63) is 12.3 Å². The van der Waals surface area contributed by atoms with E-state index in [0.717, 1.165) is 6.42 Å². The second-order valence-corrected chi connectivity index (χ2v) is 7.56. The van der Waals surface area contributed by atoms with Crippen LogP contribution in [0.4, 0.5) is 0 Å². The highest BCUT2D eigenvalue weighted by Crippen LogP contribution is 2.28. The molecule has 0 saturated heterocycles. The van der Waals surface area contributed by atoms with Crippen LogP contribution in [0.1, 0.15) is 40.5 Å². The van der Waals surface area contributed by atoms with E-state index in [1.54, 1.807) is 17.7 Å². The summed E-state index contributed by atoms with van der Waals surface area (Å²) < 4.78 is 0. The Bertz CT molecular complexity index is 320. The van der Waals surface area contributed by atoms with Gasteiger partial charge in [0.15, 0.2) is 0 Å². The lowest BCUT2D eigenvalue weighted by Crippen LogP contribution is -2.30. The molecular formula is C13H24N2O2S2. The molecule has 0 aliphatic carbocycles. The smallest absolute Gasteiger partial charge is 0.234 e. The molecule has 2 N–H and O–H groups in total. The third kappa shape index (κ3) is 12.2. The Labute approximate surface area is 123 Å². The molecule has 0 rings (SSSR count). The van der Waals surface area contributed by atoms with Crippen molar-refractivity contribution in [1.29, 1.82) is 0 Å². The summed E-state index contributed by atoms with van der Waals surface area (Å²) >= 11 is 0. The topological polar surface area (TPSA) is 58.2 Å². The van der Waals surface area contributed by atoms with Gasteiger partial charge in [0.2, 0.25) is 11.8 Å². The quantitative estimate of drug-likeness (QED) is 0.643. The van der Waals surface area contributed by atoms with Crippen LogP contribution >= 0.6 is 21.6 Å². The van der Waals surface area contributed by atoms with Crippen molar-refractivity contribution < 1.29 is 9.59 Å². The average molecular weight is 304 g/mol. The minimum atomic E-state index is -0.0326. The van der Waals surface area contributed by atoms with Crippen molar-refractivity contribution in [3.63, 3.8) is 0 Å². The zero-order valence-electron chi connectivity index (χ0n) is 12.1. The van der Waals surface area contributed by atoms with Gasteiger partial charge in [-0.25, -0.2) is 0 Å². The molecule has 0 aromatic rings. The highest BCUT2D eigenvalue weighted by Gasteiger charge is 2.09. The van der Waals surface area contributed by atoms with E-state index in [4.69, 9.17) is 0 Å². The third-order valence-corrected chi connectivity index (χ3v) is 4.83. The van der Waals surface area contributed by atoms with E-state index in [0.29, 0.717) is 23.1 Å². The fourth-order valence-corrected chi connectivity index (χ4v) is 3.46. The van der Waals surface area contributed by atoms with Crippen LogP contribution in [-0.4, -0.2) is 28.9 Å². The zero-order valence-corrected chi connectivity index (χ0v) is 13.7. The first-order chi connectivity index (χ1) is 8.81. The number of rotatable bonds is 9. The van der Waals surface area contributed by atoms with Crippen LogP contribution in [0.3, 0.4) is 0 Å². The Morgan fingerprint density at radius 1 is 1.21 bits per heavy atom. The molecule has 6 heteroatoms. The number of carbonyl (C=O) groups excluding carboxylic acids is 2. The molecule has 0 saturated carbocycles. The first-order valence-electron chi connectivity index (χ1n) is 6.34. The van der Waals surface area contributed by atoms with E-state index in [1.807, 2.05) is 13.8 Å². The van der Waals surface area contributed by atoms with Gasteiger partial charge < -0.3 is 10.6 Å². The minimum absolute atomic E-state index is 0.0326. The molecule has 0 aromatic carbocycles. The molecular weight excluding hydrogens is 280 g/mol. The molecule has 0 aliphatic rings. The largest absolute Gasteiger partial charge is 0.354 e. The first-order valence-corrected chi connectivity index (χ1v) is 8.72. The van der Waals surface area contributed by atoms with Crippen molar-refractivity contribution in [1.82, 2.24) is 10.6 Å². The number of hydrogen-bond acceptors (Lipinski definition) is 4. The van der Waals surface area contributed by atoms with Gasteiger partial charge in [0.05, 0.1) is 5.75 Å². The molecule has 0 aliphatic heterocycles. The number of nitrogens with one attached hydrogen (secondary N) is 2. The molecule has 4 nitrogen and oxygen atoms in total. The highest BCUT2D eigenvalue weighted by molar-refractivity contribution is 8.77. The van der Waals surface area contributed by atoms with E-state index >= 15 is 0 Å². The Morgan fingerprint density at radius 3 is 2.37 bits per heavy atom. The maximum atomic E-state index is 11.5. The van der Waals surface area contributed by atoms with Gasteiger partial charge >= 0.3 is 0 Å². The number of hydrogen-bond donors (Lipinski definition) is 2. The van der Waals surface area contributed by atoms with Crippen LogP contribution in [-0.2, 0) is 9.59 Å². The van der Waals surface area contributed by atoms with E-state index in [1.165, 1.54) is 10.8 Å². The van der Waals surface area contributed by atoms with E-state index in [2.05, 4.69) is 24.1 Å². The predicted octanol–water partition coefficient (Wildman–Crippen LogP) is 2.71. The molecule has 2 amide bonds. The summed E-state index contributed by atoms with van der Waals surface area (Å²) in [5, 5.41) is 5.87. The molecule has 0 fully saturated rings. The van der Waals surface area contributed by atoms with Crippen molar-refractivity contribution in [3.8, 4) is 0 Å². The van der Waals surface area contributed by atoms with E-state index < -0.39 is 0 Å². The molecule has 19 heavy (non-hydrogen) atoms. The van der Waals surface area contributed by atoms with Gasteiger partial charge in [-0.15, -0.1) is 0 Å². The lowest BCUT2D eigenvalue weighted by atomic mass is 10.2. The molecule has 0 heterocycles. The SMILES string of the molecule is C=C(C)NC(=O)CSSC(C)CCC(=O)NC(C)C. The zero-order chi connectivity index (χ0) is 14.8. The first kappa shape index (κ1) is 18.4. The average Bonchev–Trinajstić information content (AvgIpc) is 2.24. The number of allylic oxidation sites excluding steroid dienone is 1. The van der Waals surface area contributed by atoms with Crippen molar-refractivity contribution in [2.75, 3.05) is 5.75 Å². The standard InChI is InChI=1S/C13H24N2O2S2/c1-9(2)14-12(16)7-6-11(5)19-18-8-13(17)15-10(3)4/h9,11H,3,6-8H2,1-2,4-5H3,(H,14,16)(H,15,17). The Balaban J connectivity index is 3.64. The van der Waals surface area contributed by atoms with Gasteiger partial charge in [0.25, 0.3) is 0 Å². The Kier molecular flexibility index (Phi) is 9.87. The predicted molar refractivity (Wildman–Crippen MR) is 85.0 cm³/mol. The highest BCUT2D eigenvalue weighted by atomic mass is 33.1. The molecule has 0 spiro atoms.